The number of nitrogens with one attached hydrogen (secondary N) is 1. The minimum absolute atomic E-state index is 0.305. The fourth-order valence-corrected chi connectivity index (χ4v) is 4.62. The number of carbonyl (C=O) groups is 1. The zero-order chi connectivity index (χ0) is 23.0. The Labute approximate surface area is 185 Å². The second kappa shape index (κ2) is 11.0. The van der Waals surface area contributed by atoms with Crippen LogP contribution in [0.1, 0.15) is 30.9 Å². The third-order valence-corrected chi connectivity index (χ3v) is 6.19. The number of methoxy groups -OCH3 is 2. The summed E-state index contributed by atoms with van der Waals surface area (Å²) in [6.07, 6.45) is 2.94. The molecule has 1 N–H and O–H groups in total. The average Bonchev–Trinajstić information content (AvgIpc) is 2.74. The summed E-state index contributed by atoms with van der Waals surface area (Å²) in [5, 5.41) is 2.89. The highest BCUT2D eigenvalue weighted by molar-refractivity contribution is 7.92. The van der Waals surface area contributed by atoms with Gasteiger partial charge in [0.2, 0.25) is 15.9 Å². The first kappa shape index (κ1) is 24.5. The second-order valence-corrected chi connectivity index (χ2v) is 9.26. The van der Waals surface area contributed by atoms with Gasteiger partial charge < -0.3 is 14.8 Å². The van der Waals surface area contributed by atoms with E-state index in [4.69, 9.17) is 9.47 Å². The average molecular weight is 449 g/mol. The molecule has 7 nitrogen and oxygen atoms in total. The van der Waals surface area contributed by atoms with Crippen LogP contribution in [0.25, 0.3) is 0 Å². The van der Waals surface area contributed by atoms with E-state index in [0.717, 1.165) is 23.8 Å². The quantitative estimate of drug-likeness (QED) is 0.533. The number of hydrogen-bond acceptors (Lipinski definition) is 5. The van der Waals surface area contributed by atoms with Gasteiger partial charge in [0, 0.05) is 6.54 Å². The van der Waals surface area contributed by atoms with Gasteiger partial charge in [-0.3, -0.25) is 9.10 Å². The lowest BCUT2D eigenvalue weighted by Gasteiger charge is -2.30. The molecule has 2 rings (SSSR count). The number of rotatable bonds is 11. The van der Waals surface area contributed by atoms with Crippen LogP contribution in [0.2, 0.25) is 0 Å². The lowest BCUT2D eigenvalue weighted by atomic mass is 10.1. The van der Waals surface area contributed by atoms with Gasteiger partial charge in [-0.2, -0.15) is 0 Å². The Morgan fingerprint density at radius 2 is 1.71 bits per heavy atom. The molecular weight excluding hydrogens is 416 g/mol. The summed E-state index contributed by atoms with van der Waals surface area (Å²) >= 11 is 0. The van der Waals surface area contributed by atoms with Crippen molar-refractivity contribution < 1.29 is 22.7 Å². The number of nitrogens with zero attached hydrogens (tertiary/aromatic N) is 1. The van der Waals surface area contributed by atoms with E-state index in [0.29, 0.717) is 36.6 Å². The SMILES string of the molecule is CCC(C(=O)NCCCc1ccc(OC)c(OC)c1)N(c1ccc(C)cc1)S(C)(=O)=O. The monoisotopic (exact) mass is 448 g/mol. The van der Waals surface area contributed by atoms with Crippen molar-refractivity contribution in [3.8, 4) is 11.5 Å². The number of carbonyl (C=O) groups excluding carboxylic acids is 1. The summed E-state index contributed by atoms with van der Waals surface area (Å²) in [4.78, 5) is 12.8. The smallest absolute Gasteiger partial charge is 0.243 e. The van der Waals surface area contributed by atoms with Crippen LogP contribution in [-0.2, 0) is 21.2 Å². The highest BCUT2D eigenvalue weighted by Crippen LogP contribution is 2.28. The Balaban J connectivity index is 2.02. The fraction of sp³-hybridized carbons (Fsp3) is 0.435. The maximum atomic E-state index is 12.8. The van der Waals surface area contributed by atoms with Crippen LogP contribution in [0.15, 0.2) is 42.5 Å². The van der Waals surface area contributed by atoms with Crippen molar-refractivity contribution in [1.29, 1.82) is 0 Å². The Morgan fingerprint density at radius 3 is 2.26 bits per heavy atom. The summed E-state index contributed by atoms with van der Waals surface area (Å²) in [5.41, 5.74) is 2.57. The fourth-order valence-electron chi connectivity index (χ4n) is 3.41. The van der Waals surface area contributed by atoms with Crippen molar-refractivity contribution >= 4 is 21.6 Å². The van der Waals surface area contributed by atoms with E-state index in [2.05, 4.69) is 5.32 Å². The zero-order valence-corrected chi connectivity index (χ0v) is 19.7. The number of sulfonamides is 1. The molecule has 0 aliphatic carbocycles. The summed E-state index contributed by atoms with van der Waals surface area (Å²) in [7, 11) is -0.446. The van der Waals surface area contributed by atoms with Gasteiger partial charge in [-0.25, -0.2) is 8.42 Å². The highest BCUT2D eigenvalue weighted by atomic mass is 32.2. The van der Waals surface area contributed by atoms with Crippen molar-refractivity contribution in [2.45, 2.75) is 39.2 Å². The van der Waals surface area contributed by atoms with Gasteiger partial charge in [0.15, 0.2) is 11.5 Å². The van der Waals surface area contributed by atoms with E-state index in [1.54, 1.807) is 33.3 Å². The molecule has 0 bridgehead atoms. The zero-order valence-electron chi connectivity index (χ0n) is 18.8. The molecule has 0 aromatic heterocycles. The molecule has 1 atom stereocenters. The third-order valence-electron chi connectivity index (χ3n) is 5.01. The molecule has 170 valence electrons. The molecule has 0 fully saturated rings. The molecule has 2 aromatic rings. The summed E-state index contributed by atoms with van der Waals surface area (Å²) < 4.78 is 36.7. The number of benzene rings is 2. The largest absolute Gasteiger partial charge is 0.493 e. The van der Waals surface area contributed by atoms with Gasteiger partial charge in [0.1, 0.15) is 6.04 Å². The molecule has 2 aromatic carbocycles. The van der Waals surface area contributed by atoms with Crippen LogP contribution in [-0.4, -0.2) is 47.4 Å². The van der Waals surface area contributed by atoms with Crippen molar-refractivity contribution in [2.24, 2.45) is 0 Å². The van der Waals surface area contributed by atoms with Gasteiger partial charge in [-0.05, 0) is 56.0 Å². The van der Waals surface area contributed by atoms with Crippen molar-refractivity contribution in [3.63, 3.8) is 0 Å². The van der Waals surface area contributed by atoms with Gasteiger partial charge >= 0.3 is 0 Å². The first-order valence-electron chi connectivity index (χ1n) is 10.3. The number of ether oxygens (including phenoxy) is 2. The van der Waals surface area contributed by atoms with Gasteiger partial charge in [0.25, 0.3) is 0 Å². The highest BCUT2D eigenvalue weighted by Gasteiger charge is 2.31. The summed E-state index contributed by atoms with van der Waals surface area (Å²) in [6, 6.07) is 12.0. The van der Waals surface area contributed by atoms with Crippen LogP contribution >= 0.6 is 0 Å². The number of aryl methyl sites for hydroxylation is 2. The molecule has 0 spiro atoms. The van der Waals surface area contributed by atoms with E-state index in [1.807, 2.05) is 37.3 Å². The standard InChI is InChI=1S/C23H32N2O5S/c1-6-20(25(31(5,27)28)19-12-9-17(2)10-13-19)23(26)24-15-7-8-18-11-14-21(29-3)22(16-18)30-4/h9-14,16,20H,6-8,15H2,1-5H3,(H,24,26). The molecule has 0 heterocycles. The first-order valence-corrected chi connectivity index (χ1v) is 12.1. The van der Waals surface area contributed by atoms with Crippen molar-refractivity contribution in [3.05, 3.63) is 53.6 Å². The third kappa shape index (κ3) is 6.62. The predicted molar refractivity (Wildman–Crippen MR) is 123 cm³/mol. The van der Waals surface area contributed by atoms with E-state index in [9.17, 15) is 13.2 Å². The molecule has 0 aliphatic rings. The van der Waals surface area contributed by atoms with Gasteiger partial charge in [0.05, 0.1) is 26.2 Å². The van der Waals surface area contributed by atoms with Gasteiger partial charge in [-0.1, -0.05) is 30.7 Å². The number of anilines is 1. The molecule has 1 amide bonds. The number of amides is 1. The minimum atomic E-state index is -3.63. The number of hydrogen-bond donors (Lipinski definition) is 1. The maximum absolute atomic E-state index is 12.8. The Morgan fingerprint density at radius 1 is 1.06 bits per heavy atom. The van der Waals surface area contributed by atoms with Crippen LogP contribution in [0.3, 0.4) is 0 Å². The second-order valence-electron chi connectivity index (χ2n) is 7.40. The molecule has 0 saturated carbocycles. The molecule has 8 heteroatoms. The normalized spacial score (nSPS) is 12.2. The van der Waals surface area contributed by atoms with E-state index in [1.165, 1.54) is 4.31 Å². The molecule has 0 aliphatic heterocycles. The van der Waals surface area contributed by atoms with E-state index < -0.39 is 16.1 Å². The molecule has 0 saturated heterocycles. The minimum Gasteiger partial charge on any atom is -0.493 e. The molecule has 1 unspecified atom stereocenters. The molecule has 31 heavy (non-hydrogen) atoms. The van der Waals surface area contributed by atoms with Crippen LogP contribution in [0.5, 0.6) is 11.5 Å². The van der Waals surface area contributed by atoms with Crippen LogP contribution < -0.4 is 19.1 Å². The lowest BCUT2D eigenvalue weighted by Crippen LogP contribution is -2.49. The summed E-state index contributed by atoms with van der Waals surface area (Å²) in [6.45, 7) is 4.17. The topological polar surface area (TPSA) is 84.9 Å². The Bertz CT molecular complexity index is 974. The van der Waals surface area contributed by atoms with Crippen molar-refractivity contribution in [2.75, 3.05) is 31.3 Å². The summed E-state index contributed by atoms with van der Waals surface area (Å²) in [5.74, 6) is 1.03. The Hall–Kier alpha value is -2.74. The van der Waals surface area contributed by atoms with E-state index >= 15 is 0 Å². The van der Waals surface area contributed by atoms with Crippen LogP contribution in [0.4, 0.5) is 5.69 Å². The lowest BCUT2D eigenvalue weighted by molar-refractivity contribution is -0.122. The Kier molecular flexibility index (Phi) is 8.74. The van der Waals surface area contributed by atoms with Crippen LogP contribution in [0, 0.1) is 6.92 Å². The molecular formula is C23H32N2O5S. The first-order chi connectivity index (χ1) is 14.7. The van der Waals surface area contributed by atoms with Crippen molar-refractivity contribution in [1.82, 2.24) is 5.32 Å². The maximum Gasteiger partial charge on any atom is 0.243 e. The van der Waals surface area contributed by atoms with Gasteiger partial charge in [-0.15, -0.1) is 0 Å². The predicted octanol–water partition coefficient (Wildman–Crippen LogP) is 3.31. The molecule has 0 radical (unpaired) electrons. The van der Waals surface area contributed by atoms with E-state index in [-0.39, 0.29) is 5.91 Å².